The predicted octanol–water partition coefficient (Wildman–Crippen LogP) is 2.58. The highest BCUT2D eigenvalue weighted by Crippen LogP contribution is 2.28. The van der Waals surface area contributed by atoms with Crippen LogP contribution in [-0.4, -0.2) is 44.6 Å². The van der Waals surface area contributed by atoms with Gasteiger partial charge in [-0.25, -0.2) is 4.79 Å². The molecule has 2 aromatic rings. The average molecular weight is 290 g/mol. The molecular formula is C16H18O5. The summed E-state index contributed by atoms with van der Waals surface area (Å²) in [6.45, 7) is 1.94. The molecule has 0 heterocycles. The Morgan fingerprint density at radius 3 is 2.43 bits per heavy atom. The average Bonchev–Trinajstić information content (AvgIpc) is 2.50. The fourth-order valence-electron chi connectivity index (χ4n) is 2.04. The molecule has 0 aliphatic carbocycles. The Bertz CT molecular complexity index is 609. The van der Waals surface area contributed by atoms with E-state index in [0.717, 1.165) is 5.39 Å². The van der Waals surface area contributed by atoms with Gasteiger partial charge in [-0.2, -0.15) is 0 Å². The maximum Gasteiger partial charge on any atom is 0.336 e. The van der Waals surface area contributed by atoms with E-state index in [4.69, 9.17) is 14.2 Å². The fraction of sp³-hybridized carbons (Fsp3) is 0.312. The summed E-state index contributed by atoms with van der Waals surface area (Å²) in [5.41, 5.74) is 0.272. The van der Waals surface area contributed by atoms with Gasteiger partial charge in [0.1, 0.15) is 12.4 Å². The lowest BCUT2D eigenvalue weighted by atomic mass is 10.0. The van der Waals surface area contributed by atoms with Crippen molar-refractivity contribution in [3.05, 3.63) is 42.0 Å². The number of methoxy groups -OCH3 is 1. The topological polar surface area (TPSA) is 65.0 Å². The summed E-state index contributed by atoms with van der Waals surface area (Å²) in [7, 11) is 1.62. The molecular weight excluding hydrogens is 272 g/mol. The first-order valence-corrected chi connectivity index (χ1v) is 6.68. The van der Waals surface area contributed by atoms with Gasteiger partial charge in [0.15, 0.2) is 0 Å². The van der Waals surface area contributed by atoms with Gasteiger partial charge < -0.3 is 19.3 Å². The minimum absolute atomic E-state index is 0.272. The highest BCUT2D eigenvalue weighted by molar-refractivity contribution is 6.05. The third kappa shape index (κ3) is 3.93. The Kier molecular flexibility index (Phi) is 5.54. The Morgan fingerprint density at radius 2 is 1.71 bits per heavy atom. The highest BCUT2D eigenvalue weighted by Gasteiger charge is 2.11. The SMILES string of the molecule is COCCOCCOc1ccc(C(=O)O)c2ccccc12. The van der Waals surface area contributed by atoms with Crippen LogP contribution in [0.15, 0.2) is 36.4 Å². The van der Waals surface area contributed by atoms with Crippen molar-refractivity contribution in [1.29, 1.82) is 0 Å². The fourth-order valence-corrected chi connectivity index (χ4v) is 2.04. The second-order valence-electron chi connectivity index (χ2n) is 4.42. The second-order valence-corrected chi connectivity index (χ2v) is 4.42. The molecule has 0 saturated carbocycles. The lowest BCUT2D eigenvalue weighted by molar-refractivity contribution is 0.0546. The van der Waals surface area contributed by atoms with Gasteiger partial charge in [-0.15, -0.1) is 0 Å². The normalized spacial score (nSPS) is 10.7. The van der Waals surface area contributed by atoms with Crippen LogP contribution in [0, 0.1) is 0 Å². The Morgan fingerprint density at radius 1 is 1.00 bits per heavy atom. The summed E-state index contributed by atoms with van der Waals surface area (Å²) in [6.07, 6.45) is 0. The zero-order valence-corrected chi connectivity index (χ0v) is 11.9. The van der Waals surface area contributed by atoms with Crippen LogP contribution in [0.5, 0.6) is 5.75 Å². The number of aromatic carboxylic acids is 1. The van der Waals surface area contributed by atoms with E-state index in [1.807, 2.05) is 18.2 Å². The first kappa shape index (κ1) is 15.3. The van der Waals surface area contributed by atoms with E-state index in [1.165, 1.54) is 0 Å². The van der Waals surface area contributed by atoms with Gasteiger partial charge in [0.25, 0.3) is 0 Å². The third-order valence-corrected chi connectivity index (χ3v) is 3.03. The van der Waals surface area contributed by atoms with Gasteiger partial charge in [0.05, 0.1) is 25.4 Å². The van der Waals surface area contributed by atoms with E-state index in [0.29, 0.717) is 37.6 Å². The molecule has 0 amide bonds. The van der Waals surface area contributed by atoms with Crippen molar-refractivity contribution in [2.45, 2.75) is 0 Å². The summed E-state index contributed by atoms with van der Waals surface area (Å²) >= 11 is 0. The predicted molar refractivity (Wildman–Crippen MR) is 79.1 cm³/mol. The summed E-state index contributed by atoms with van der Waals surface area (Å²) in [4.78, 5) is 11.2. The van der Waals surface area contributed by atoms with Crippen molar-refractivity contribution in [3.63, 3.8) is 0 Å². The number of hydrogen-bond acceptors (Lipinski definition) is 4. The number of rotatable bonds is 8. The van der Waals surface area contributed by atoms with Crippen molar-refractivity contribution < 1.29 is 24.1 Å². The van der Waals surface area contributed by atoms with Gasteiger partial charge >= 0.3 is 5.97 Å². The summed E-state index contributed by atoms with van der Waals surface area (Å²) in [5.74, 6) is -0.286. The van der Waals surface area contributed by atoms with Gasteiger partial charge in [-0.1, -0.05) is 24.3 Å². The van der Waals surface area contributed by atoms with Crippen LogP contribution < -0.4 is 4.74 Å². The molecule has 5 heteroatoms. The molecule has 0 radical (unpaired) electrons. The molecule has 0 saturated heterocycles. The van der Waals surface area contributed by atoms with Gasteiger partial charge in [0, 0.05) is 12.5 Å². The molecule has 0 aliphatic heterocycles. The van der Waals surface area contributed by atoms with Crippen LogP contribution in [0.4, 0.5) is 0 Å². The standard InChI is InChI=1S/C16H18O5/c1-19-8-9-20-10-11-21-15-7-6-14(16(17)18)12-4-2-3-5-13(12)15/h2-7H,8-11H2,1H3,(H,17,18). The number of carboxylic acid groups (broad SMARTS) is 1. The molecule has 0 atom stereocenters. The zero-order chi connectivity index (χ0) is 15.1. The smallest absolute Gasteiger partial charge is 0.336 e. The number of carboxylic acids is 1. The van der Waals surface area contributed by atoms with Gasteiger partial charge in [-0.3, -0.25) is 0 Å². The summed E-state index contributed by atoms with van der Waals surface area (Å²) in [6, 6.07) is 10.5. The lowest BCUT2D eigenvalue weighted by Crippen LogP contribution is -2.10. The van der Waals surface area contributed by atoms with Crippen LogP contribution in [0.1, 0.15) is 10.4 Å². The van der Waals surface area contributed by atoms with Crippen LogP contribution in [-0.2, 0) is 9.47 Å². The summed E-state index contributed by atoms with van der Waals surface area (Å²) < 4.78 is 15.9. The Hall–Kier alpha value is -2.11. The van der Waals surface area contributed by atoms with E-state index in [-0.39, 0.29) is 5.56 Å². The quantitative estimate of drug-likeness (QED) is 0.757. The molecule has 0 spiro atoms. The number of fused-ring (bicyclic) bond motifs is 1. The van der Waals surface area contributed by atoms with Crippen molar-refractivity contribution in [1.82, 2.24) is 0 Å². The first-order valence-electron chi connectivity index (χ1n) is 6.68. The molecule has 2 rings (SSSR count). The van der Waals surface area contributed by atoms with Gasteiger partial charge in [-0.05, 0) is 17.5 Å². The van der Waals surface area contributed by atoms with E-state index in [2.05, 4.69) is 0 Å². The van der Waals surface area contributed by atoms with Gasteiger partial charge in [0.2, 0.25) is 0 Å². The van der Waals surface area contributed by atoms with Crippen molar-refractivity contribution in [3.8, 4) is 5.75 Å². The molecule has 2 aromatic carbocycles. The molecule has 0 fully saturated rings. The first-order chi connectivity index (χ1) is 10.2. The largest absolute Gasteiger partial charge is 0.491 e. The number of hydrogen-bond donors (Lipinski definition) is 1. The Balaban J connectivity index is 2.07. The highest BCUT2D eigenvalue weighted by atomic mass is 16.5. The summed E-state index contributed by atoms with van der Waals surface area (Å²) in [5, 5.41) is 10.7. The molecule has 0 bridgehead atoms. The third-order valence-electron chi connectivity index (χ3n) is 3.03. The van der Waals surface area contributed by atoms with E-state index in [1.54, 1.807) is 25.3 Å². The lowest BCUT2D eigenvalue weighted by Gasteiger charge is -2.11. The minimum Gasteiger partial charge on any atom is -0.491 e. The molecule has 0 unspecified atom stereocenters. The Labute approximate surface area is 123 Å². The molecule has 5 nitrogen and oxygen atoms in total. The number of carbonyl (C=O) groups is 1. The van der Waals surface area contributed by atoms with Crippen LogP contribution in [0.2, 0.25) is 0 Å². The molecule has 21 heavy (non-hydrogen) atoms. The molecule has 0 aliphatic rings. The second kappa shape index (κ2) is 7.61. The monoisotopic (exact) mass is 290 g/mol. The van der Waals surface area contributed by atoms with Crippen LogP contribution >= 0.6 is 0 Å². The zero-order valence-electron chi connectivity index (χ0n) is 11.9. The molecule has 1 N–H and O–H groups in total. The maximum atomic E-state index is 11.2. The molecule has 112 valence electrons. The number of ether oxygens (including phenoxy) is 3. The van der Waals surface area contributed by atoms with Crippen molar-refractivity contribution in [2.24, 2.45) is 0 Å². The van der Waals surface area contributed by atoms with Crippen LogP contribution in [0.25, 0.3) is 10.8 Å². The maximum absolute atomic E-state index is 11.2. The van der Waals surface area contributed by atoms with Crippen molar-refractivity contribution >= 4 is 16.7 Å². The number of benzene rings is 2. The molecule has 0 aromatic heterocycles. The van der Waals surface area contributed by atoms with E-state index >= 15 is 0 Å². The van der Waals surface area contributed by atoms with Crippen molar-refractivity contribution in [2.75, 3.05) is 33.5 Å². The minimum atomic E-state index is -0.944. The van der Waals surface area contributed by atoms with Crippen LogP contribution in [0.3, 0.4) is 0 Å². The van der Waals surface area contributed by atoms with E-state index < -0.39 is 5.97 Å². The van der Waals surface area contributed by atoms with E-state index in [9.17, 15) is 9.90 Å².